The summed E-state index contributed by atoms with van der Waals surface area (Å²) in [6.07, 6.45) is 9.11. The molecule has 0 bridgehead atoms. The summed E-state index contributed by atoms with van der Waals surface area (Å²) < 4.78 is 0. The molecule has 1 amide bonds. The SMILES string of the molecule is O=C(O)CCC1CCN(CC(=O)NC2CCCCC2)CC1. The van der Waals surface area contributed by atoms with Crippen LogP contribution in [0.25, 0.3) is 0 Å². The lowest BCUT2D eigenvalue weighted by Gasteiger charge is -2.32. The van der Waals surface area contributed by atoms with E-state index in [1.807, 2.05) is 0 Å². The average molecular weight is 296 g/mol. The van der Waals surface area contributed by atoms with Gasteiger partial charge in [-0.1, -0.05) is 19.3 Å². The summed E-state index contributed by atoms with van der Waals surface area (Å²) in [5, 5.41) is 11.9. The Kier molecular flexibility index (Phi) is 6.49. The van der Waals surface area contributed by atoms with Crippen molar-refractivity contribution in [1.82, 2.24) is 10.2 Å². The van der Waals surface area contributed by atoms with Crippen molar-refractivity contribution in [2.45, 2.75) is 63.8 Å². The predicted molar refractivity (Wildman–Crippen MR) is 81.0 cm³/mol. The van der Waals surface area contributed by atoms with Crippen LogP contribution in [0, 0.1) is 5.92 Å². The molecule has 1 heterocycles. The first-order chi connectivity index (χ1) is 10.1. The molecule has 0 aromatic rings. The van der Waals surface area contributed by atoms with Crippen LogP contribution in [0.15, 0.2) is 0 Å². The van der Waals surface area contributed by atoms with Crippen LogP contribution in [0.2, 0.25) is 0 Å². The zero-order valence-corrected chi connectivity index (χ0v) is 12.9. The van der Waals surface area contributed by atoms with Crippen LogP contribution >= 0.6 is 0 Å². The summed E-state index contributed by atoms with van der Waals surface area (Å²) in [4.78, 5) is 24.8. The van der Waals surface area contributed by atoms with Gasteiger partial charge in [-0.2, -0.15) is 0 Å². The van der Waals surface area contributed by atoms with E-state index in [1.165, 1.54) is 19.3 Å². The highest BCUT2D eigenvalue weighted by Gasteiger charge is 2.22. The van der Waals surface area contributed by atoms with Gasteiger partial charge in [0.1, 0.15) is 0 Å². The topological polar surface area (TPSA) is 69.6 Å². The molecule has 1 aliphatic heterocycles. The molecule has 2 N–H and O–H groups in total. The molecule has 1 saturated carbocycles. The molecular weight excluding hydrogens is 268 g/mol. The number of carboxylic acid groups (broad SMARTS) is 1. The maximum atomic E-state index is 12.0. The largest absolute Gasteiger partial charge is 0.481 e. The predicted octanol–water partition coefficient (Wildman–Crippen LogP) is 2.01. The molecule has 1 saturated heterocycles. The molecule has 5 heteroatoms. The van der Waals surface area contributed by atoms with Gasteiger partial charge in [0.15, 0.2) is 0 Å². The van der Waals surface area contributed by atoms with E-state index in [0.717, 1.165) is 45.2 Å². The van der Waals surface area contributed by atoms with E-state index in [4.69, 9.17) is 5.11 Å². The lowest BCUT2D eigenvalue weighted by molar-refractivity contribution is -0.137. The number of carboxylic acids is 1. The fourth-order valence-corrected chi connectivity index (χ4v) is 3.48. The fourth-order valence-electron chi connectivity index (χ4n) is 3.48. The Morgan fingerprint density at radius 3 is 2.33 bits per heavy atom. The summed E-state index contributed by atoms with van der Waals surface area (Å²) in [5.74, 6) is -0.0334. The van der Waals surface area contributed by atoms with E-state index < -0.39 is 5.97 Å². The summed E-state index contributed by atoms with van der Waals surface area (Å²) in [6.45, 7) is 2.34. The van der Waals surface area contributed by atoms with Gasteiger partial charge in [-0.25, -0.2) is 0 Å². The number of carbonyl (C=O) groups is 2. The molecule has 5 nitrogen and oxygen atoms in total. The van der Waals surface area contributed by atoms with Crippen LogP contribution in [-0.4, -0.2) is 47.6 Å². The summed E-state index contributed by atoms with van der Waals surface area (Å²) in [6, 6.07) is 0.388. The van der Waals surface area contributed by atoms with E-state index in [9.17, 15) is 9.59 Å². The van der Waals surface area contributed by atoms with Crippen LogP contribution < -0.4 is 5.32 Å². The minimum absolute atomic E-state index is 0.158. The second kappa shape index (κ2) is 8.37. The Labute approximate surface area is 127 Å². The second-order valence-electron chi connectivity index (χ2n) is 6.55. The molecule has 2 rings (SSSR count). The molecule has 0 atom stereocenters. The van der Waals surface area contributed by atoms with Crippen LogP contribution in [0.3, 0.4) is 0 Å². The number of rotatable bonds is 6. The van der Waals surface area contributed by atoms with Crippen molar-refractivity contribution in [3.8, 4) is 0 Å². The number of aliphatic carboxylic acids is 1. The molecular formula is C16H28N2O3. The number of nitrogens with one attached hydrogen (secondary N) is 1. The number of hydrogen-bond acceptors (Lipinski definition) is 3. The molecule has 0 aromatic heterocycles. The van der Waals surface area contributed by atoms with Crippen LogP contribution in [0.5, 0.6) is 0 Å². The Balaban J connectivity index is 1.61. The lowest BCUT2D eigenvalue weighted by atomic mass is 9.92. The van der Waals surface area contributed by atoms with Crippen molar-refractivity contribution in [3.63, 3.8) is 0 Å². The van der Waals surface area contributed by atoms with Crippen molar-refractivity contribution in [1.29, 1.82) is 0 Å². The van der Waals surface area contributed by atoms with E-state index in [2.05, 4.69) is 10.2 Å². The van der Waals surface area contributed by atoms with Gasteiger partial charge in [-0.3, -0.25) is 14.5 Å². The van der Waals surface area contributed by atoms with Gasteiger partial charge in [-0.15, -0.1) is 0 Å². The number of amides is 1. The fraction of sp³-hybridized carbons (Fsp3) is 0.875. The maximum Gasteiger partial charge on any atom is 0.303 e. The van der Waals surface area contributed by atoms with Crippen molar-refractivity contribution >= 4 is 11.9 Å². The minimum atomic E-state index is -0.704. The van der Waals surface area contributed by atoms with Crippen LogP contribution in [0.4, 0.5) is 0 Å². The molecule has 0 unspecified atom stereocenters. The van der Waals surface area contributed by atoms with E-state index in [1.54, 1.807) is 0 Å². The van der Waals surface area contributed by atoms with Crippen molar-refractivity contribution < 1.29 is 14.7 Å². The Morgan fingerprint density at radius 2 is 1.71 bits per heavy atom. The van der Waals surface area contributed by atoms with Gasteiger partial charge in [0.25, 0.3) is 0 Å². The average Bonchev–Trinajstić information content (AvgIpc) is 2.47. The normalized spacial score (nSPS) is 22.1. The standard InChI is InChI=1S/C16H28N2O3/c19-15(17-14-4-2-1-3-5-14)12-18-10-8-13(9-11-18)6-7-16(20)21/h13-14H,1-12H2,(H,17,19)(H,20,21). The summed E-state index contributed by atoms with van der Waals surface area (Å²) in [7, 11) is 0. The van der Waals surface area contributed by atoms with Gasteiger partial charge >= 0.3 is 5.97 Å². The molecule has 120 valence electrons. The van der Waals surface area contributed by atoms with Crippen molar-refractivity contribution in [2.75, 3.05) is 19.6 Å². The molecule has 21 heavy (non-hydrogen) atoms. The van der Waals surface area contributed by atoms with Crippen LogP contribution in [-0.2, 0) is 9.59 Å². The lowest BCUT2D eigenvalue weighted by Crippen LogP contribution is -2.45. The highest BCUT2D eigenvalue weighted by molar-refractivity contribution is 5.78. The summed E-state index contributed by atoms with van der Waals surface area (Å²) >= 11 is 0. The molecule has 2 fully saturated rings. The van der Waals surface area contributed by atoms with Crippen molar-refractivity contribution in [2.24, 2.45) is 5.92 Å². The second-order valence-corrected chi connectivity index (χ2v) is 6.55. The van der Waals surface area contributed by atoms with Gasteiger partial charge in [0.2, 0.25) is 5.91 Å². The van der Waals surface area contributed by atoms with Crippen molar-refractivity contribution in [3.05, 3.63) is 0 Å². The Morgan fingerprint density at radius 1 is 1.05 bits per heavy atom. The van der Waals surface area contributed by atoms with Gasteiger partial charge < -0.3 is 10.4 Å². The number of piperidine rings is 1. The van der Waals surface area contributed by atoms with E-state index >= 15 is 0 Å². The van der Waals surface area contributed by atoms with Gasteiger partial charge in [0.05, 0.1) is 6.54 Å². The maximum absolute atomic E-state index is 12.0. The third-order valence-electron chi connectivity index (χ3n) is 4.81. The number of carbonyl (C=O) groups excluding carboxylic acids is 1. The van der Waals surface area contributed by atoms with Crippen LogP contribution in [0.1, 0.15) is 57.8 Å². The highest BCUT2D eigenvalue weighted by atomic mass is 16.4. The quantitative estimate of drug-likeness (QED) is 0.786. The van der Waals surface area contributed by atoms with E-state index in [-0.39, 0.29) is 12.3 Å². The van der Waals surface area contributed by atoms with Gasteiger partial charge in [-0.05, 0) is 51.1 Å². The Bertz CT molecular complexity index is 345. The zero-order valence-electron chi connectivity index (χ0n) is 12.9. The minimum Gasteiger partial charge on any atom is -0.481 e. The number of likely N-dealkylation sites (tertiary alicyclic amines) is 1. The first-order valence-corrected chi connectivity index (χ1v) is 8.37. The highest BCUT2D eigenvalue weighted by Crippen LogP contribution is 2.22. The molecule has 1 aliphatic carbocycles. The smallest absolute Gasteiger partial charge is 0.303 e. The molecule has 0 spiro atoms. The summed E-state index contributed by atoms with van der Waals surface area (Å²) in [5.41, 5.74) is 0. The Hall–Kier alpha value is -1.10. The molecule has 0 aromatic carbocycles. The molecule has 2 aliphatic rings. The zero-order chi connectivity index (χ0) is 15.1. The number of hydrogen-bond donors (Lipinski definition) is 2. The third kappa shape index (κ3) is 6.04. The molecule has 0 radical (unpaired) electrons. The first-order valence-electron chi connectivity index (χ1n) is 8.37. The van der Waals surface area contributed by atoms with Gasteiger partial charge in [0, 0.05) is 12.5 Å². The third-order valence-corrected chi connectivity index (χ3v) is 4.81. The first kappa shape index (κ1) is 16.3. The monoisotopic (exact) mass is 296 g/mol. The van der Waals surface area contributed by atoms with E-state index in [0.29, 0.717) is 18.5 Å². The number of nitrogens with zero attached hydrogens (tertiary/aromatic N) is 1.